The molecule has 24 heavy (non-hydrogen) atoms. The number of halogens is 1. The minimum Gasteiger partial charge on any atom is -0.381 e. The van der Waals surface area contributed by atoms with Gasteiger partial charge in [0.05, 0.1) is 6.61 Å². The van der Waals surface area contributed by atoms with E-state index in [4.69, 9.17) is 4.74 Å². The quantitative estimate of drug-likeness (QED) is 0.408. The molecular formula is C19H34IN3O. The topological polar surface area (TPSA) is 36.9 Å². The van der Waals surface area contributed by atoms with E-state index in [9.17, 15) is 0 Å². The Morgan fingerprint density at radius 3 is 2.29 bits per heavy atom. The van der Waals surface area contributed by atoms with Crippen molar-refractivity contribution in [1.29, 1.82) is 0 Å². The molecule has 1 saturated heterocycles. The highest BCUT2D eigenvalue weighted by atomic mass is 127. The van der Waals surface area contributed by atoms with E-state index in [0.717, 1.165) is 50.0 Å². The van der Waals surface area contributed by atoms with Crippen LogP contribution in [0.15, 0.2) is 4.99 Å². The Labute approximate surface area is 164 Å². The predicted molar refractivity (Wildman–Crippen MR) is 109 cm³/mol. The first-order valence-electron chi connectivity index (χ1n) is 9.65. The van der Waals surface area contributed by atoms with Crippen LogP contribution < -0.4 is 5.32 Å². The van der Waals surface area contributed by atoms with Crippen LogP contribution in [0.25, 0.3) is 0 Å². The average molecular weight is 447 g/mol. The highest BCUT2D eigenvalue weighted by Crippen LogP contribution is 2.59. The minimum absolute atomic E-state index is 0. The first-order valence-corrected chi connectivity index (χ1v) is 9.65. The van der Waals surface area contributed by atoms with Crippen molar-refractivity contribution in [2.45, 2.75) is 44.9 Å². The Kier molecular flexibility index (Phi) is 6.00. The van der Waals surface area contributed by atoms with Crippen molar-refractivity contribution < 1.29 is 4.74 Å². The number of guanidine groups is 1. The highest BCUT2D eigenvalue weighted by Gasteiger charge is 2.50. The number of nitrogens with one attached hydrogen (secondary N) is 1. The van der Waals surface area contributed by atoms with Crippen LogP contribution in [0, 0.1) is 29.1 Å². The molecule has 5 heteroatoms. The van der Waals surface area contributed by atoms with Crippen LogP contribution in [-0.2, 0) is 4.74 Å². The maximum atomic E-state index is 5.51. The van der Waals surface area contributed by atoms with Crippen LogP contribution in [0.1, 0.15) is 44.9 Å². The molecule has 4 aliphatic carbocycles. The lowest BCUT2D eigenvalue weighted by molar-refractivity contribution is -0.0494. The molecule has 5 aliphatic rings. The van der Waals surface area contributed by atoms with Crippen LogP contribution in [-0.4, -0.2) is 51.3 Å². The van der Waals surface area contributed by atoms with E-state index >= 15 is 0 Å². The van der Waals surface area contributed by atoms with Gasteiger partial charge in [-0.2, -0.15) is 0 Å². The summed E-state index contributed by atoms with van der Waals surface area (Å²) in [5.74, 6) is 4.82. The number of aliphatic imine (C=N–C) groups is 1. The van der Waals surface area contributed by atoms with E-state index in [1.807, 2.05) is 7.05 Å². The van der Waals surface area contributed by atoms with Crippen LogP contribution in [0.2, 0.25) is 0 Å². The summed E-state index contributed by atoms with van der Waals surface area (Å²) < 4.78 is 5.51. The Bertz CT molecular complexity index is 426. The molecule has 1 atom stereocenters. The van der Waals surface area contributed by atoms with Gasteiger partial charge in [0, 0.05) is 39.7 Å². The molecule has 0 amide bonds. The Morgan fingerprint density at radius 1 is 1.17 bits per heavy atom. The van der Waals surface area contributed by atoms with E-state index in [0.29, 0.717) is 11.3 Å². The minimum atomic E-state index is 0. The zero-order chi connectivity index (χ0) is 15.9. The number of hydrogen-bond acceptors (Lipinski definition) is 2. The second-order valence-corrected chi connectivity index (χ2v) is 8.93. The van der Waals surface area contributed by atoms with Crippen molar-refractivity contribution in [1.82, 2.24) is 10.2 Å². The Morgan fingerprint density at radius 2 is 1.79 bits per heavy atom. The summed E-state index contributed by atoms with van der Waals surface area (Å²) in [5, 5.41) is 3.74. The molecule has 0 aromatic rings. The van der Waals surface area contributed by atoms with Crippen LogP contribution in [0.3, 0.4) is 0 Å². The lowest BCUT2D eigenvalue weighted by Crippen LogP contribution is -2.53. The molecule has 0 aromatic carbocycles. The maximum Gasteiger partial charge on any atom is 0.193 e. The zero-order valence-corrected chi connectivity index (χ0v) is 17.6. The first-order chi connectivity index (χ1) is 11.2. The molecule has 0 radical (unpaired) electrons. The third-order valence-corrected chi connectivity index (χ3v) is 6.92. The van der Waals surface area contributed by atoms with Crippen molar-refractivity contribution in [3.63, 3.8) is 0 Å². The second-order valence-electron chi connectivity index (χ2n) is 8.93. The number of hydrogen-bond donors (Lipinski definition) is 1. The molecule has 4 nitrogen and oxygen atoms in total. The third-order valence-electron chi connectivity index (χ3n) is 6.92. The number of ether oxygens (including phenoxy) is 1. The highest BCUT2D eigenvalue weighted by molar-refractivity contribution is 14.0. The fraction of sp³-hybridized carbons (Fsp3) is 0.947. The van der Waals surface area contributed by atoms with E-state index in [1.54, 1.807) is 0 Å². The van der Waals surface area contributed by atoms with E-state index < -0.39 is 0 Å². The molecule has 0 aromatic heterocycles. The van der Waals surface area contributed by atoms with Crippen molar-refractivity contribution in [3.05, 3.63) is 0 Å². The monoisotopic (exact) mass is 447 g/mol. The van der Waals surface area contributed by atoms with Gasteiger partial charge in [0.1, 0.15) is 0 Å². The summed E-state index contributed by atoms with van der Waals surface area (Å²) in [4.78, 5) is 6.84. The van der Waals surface area contributed by atoms with Gasteiger partial charge in [0.2, 0.25) is 0 Å². The van der Waals surface area contributed by atoms with E-state index in [2.05, 4.69) is 22.3 Å². The lowest BCUT2D eigenvalue weighted by atomic mass is 9.49. The van der Waals surface area contributed by atoms with Gasteiger partial charge >= 0.3 is 0 Å². The molecular weight excluding hydrogens is 413 g/mol. The van der Waals surface area contributed by atoms with Gasteiger partial charge in [-0.05, 0) is 68.1 Å². The summed E-state index contributed by atoms with van der Waals surface area (Å²) in [6.07, 6.45) is 10.1. The largest absolute Gasteiger partial charge is 0.381 e. The number of rotatable bonds is 4. The summed E-state index contributed by atoms with van der Waals surface area (Å²) in [6, 6.07) is 0. The van der Waals surface area contributed by atoms with Gasteiger partial charge < -0.3 is 15.0 Å². The summed E-state index contributed by atoms with van der Waals surface area (Å²) in [6.45, 7) is 4.03. The number of nitrogens with zero attached hydrogens (tertiary/aromatic N) is 2. The summed E-state index contributed by atoms with van der Waals surface area (Å²) in [5.41, 5.74) is 0.571. The SMILES string of the molecule is CN=C(NCC12CC3CC(CC(C3)C1)C2)N(C)CC1CCOC1.I. The lowest BCUT2D eigenvalue weighted by Gasteiger charge is -2.57. The molecule has 1 unspecified atom stereocenters. The fourth-order valence-corrected chi connectivity index (χ4v) is 6.36. The molecule has 0 spiro atoms. The molecule has 1 aliphatic heterocycles. The van der Waals surface area contributed by atoms with E-state index in [1.165, 1.54) is 44.9 Å². The fourth-order valence-electron chi connectivity index (χ4n) is 6.36. The zero-order valence-electron chi connectivity index (χ0n) is 15.3. The Balaban J connectivity index is 0.00000169. The molecule has 138 valence electrons. The molecule has 5 fully saturated rings. The van der Waals surface area contributed by atoms with Gasteiger partial charge in [-0.3, -0.25) is 4.99 Å². The molecule has 5 rings (SSSR count). The summed E-state index contributed by atoms with van der Waals surface area (Å²) in [7, 11) is 4.09. The molecule has 4 saturated carbocycles. The average Bonchev–Trinajstić information content (AvgIpc) is 2.99. The van der Waals surface area contributed by atoms with Crippen LogP contribution >= 0.6 is 24.0 Å². The van der Waals surface area contributed by atoms with Crippen LogP contribution in [0.5, 0.6) is 0 Å². The Hall–Kier alpha value is -0.0400. The van der Waals surface area contributed by atoms with Gasteiger partial charge in [0.15, 0.2) is 5.96 Å². The molecule has 1 N–H and O–H groups in total. The second kappa shape index (κ2) is 7.68. The van der Waals surface area contributed by atoms with Crippen molar-refractivity contribution in [2.75, 3.05) is 40.4 Å². The van der Waals surface area contributed by atoms with Crippen molar-refractivity contribution >= 4 is 29.9 Å². The van der Waals surface area contributed by atoms with Crippen molar-refractivity contribution in [3.8, 4) is 0 Å². The van der Waals surface area contributed by atoms with Gasteiger partial charge in [-0.25, -0.2) is 0 Å². The van der Waals surface area contributed by atoms with Crippen molar-refractivity contribution in [2.24, 2.45) is 34.1 Å². The third kappa shape index (κ3) is 3.87. The smallest absolute Gasteiger partial charge is 0.193 e. The molecule has 1 heterocycles. The van der Waals surface area contributed by atoms with Gasteiger partial charge in [0.25, 0.3) is 0 Å². The first kappa shape index (κ1) is 18.7. The normalized spacial score (nSPS) is 40.5. The standard InChI is InChI=1S/C19H33N3O.HI/c1-20-18(22(2)11-14-3-4-23-12-14)21-13-19-8-15-5-16(9-19)7-17(6-15)10-19;/h14-17H,3-13H2,1-2H3,(H,20,21);1H. The van der Waals surface area contributed by atoms with E-state index in [-0.39, 0.29) is 24.0 Å². The predicted octanol–water partition coefficient (Wildman–Crippen LogP) is 3.36. The van der Waals surface area contributed by atoms with Gasteiger partial charge in [-0.15, -0.1) is 24.0 Å². The molecule has 4 bridgehead atoms. The summed E-state index contributed by atoms with van der Waals surface area (Å²) >= 11 is 0. The van der Waals surface area contributed by atoms with Gasteiger partial charge in [-0.1, -0.05) is 0 Å². The van der Waals surface area contributed by atoms with Crippen LogP contribution in [0.4, 0.5) is 0 Å². The maximum absolute atomic E-state index is 5.51.